The van der Waals surface area contributed by atoms with Gasteiger partial charge in [0, 0.05) is 15.9 Å². The van der Waals surface area contributed by atoms with Crippen LogP contribution in [0.2, 0.25) is 0 Å². The highest BCUT2D eigenvalue weighted by Gasteiger charge is 2.15. The lowest BCUT2D eigenvalue weighted by Gasteiger charge is -2.22. The molecule has 0 aliphatic carbocycles. The fraction of sp³-hybridized carbons (Fsp3) is 0.538. The SMILES string of the molecule is CCC[C@@H](C)N(C)Cc1nc(-c2cc(Br)cs2)no1. The minimum Gasteiger partial charge on any atom is -0.338 e. The summed E-state index contributed by atoms with van der Waals surface area (Å²) in [5.41, 5.74) is 0. The van der Waals surface area contributed by atoms with Gasteiger partial charge in [-0.3, -0.25) is 4.90 Å². The lowest BCUT2D eigenvalue weighted by Crippen LogP contribution is -2.28. The maximum Gasteiger partial charge on any atom is 0.241 e. The highest BCUT2D eigenvalue weighted by Crippen LogP contribution is 2.27. The second-order valence-electron chi connectivity index (χ2n) is 4.69. The van der Waals surface area contributed by atoms with Gasteiger partial charge in [0.15, 0.2) is 0 Å². The Morgan fingerprint density at radius 1 is 1.53 bits per heavy atom. The molecule has 0 saturated heterocycles. The number of aromatic nitrogens is 2. The summed E-state index contributed by atoms with van der Waals surface area (Å²) in [5.74, 6) is 1.34. The second kappa shape index (κ2) is 6.63. The minimum atomic E-state index is 0.524. The van der Waals surface area contributed by atoms with Gasteiger partial charge < -0.3 is 4.52 Å². The molecule has 2 rings (SSSR count). The molecule has 2 heterocycles. The van der Waals surface area contributed by atoms with Gasteiger partial charge in [0.25, 0.3) is 0 Å². The molecule has 4 nitrogen and oxygen atoms in total. The van der Waals surface area contributed by atoms with Crippen LogP contribution >= 0.6 is 27.3 Å². The topological polar surface area (TPSA) is 42.2 Å². The normalized spacial score (nSPS) is 13.1. The molecule has 0 fully saturated rings. The Balaban J connectivity index is 2.01. The minimum absolute atomic E-state index is 0.524. The summed E-state index contributed by atoms with van der Waals surface area (Å²) in [6.07, 6.45) is 2.36. The van der Waals surface area contributed by atoms with E-state index >= 15 is 0 Å². The van der Waals surface area contributed by atoms with Gasteiger partial charge in [-0.05, 0) is 42.4 Å². The number of halogens is 1. The van der Waals surface area contributed by atoms with Gasteiger partial charge >= 0.3 is 0 Å². The molecule has 6 heteroatoms. The molecule has 0 bridgehead atoms. The fourth-order valence-electron chi connectivity index (χ4n) is 1.86. The third-order valence-corrected chi connectivity index (χ3v) is 4.79. The lowest BCUT2D eigenvalue weighted by molar-refractivity contribution is 0.205. The van der Waals surface area contributed by atoms with Gasteiger partial charge in [0.2, 0.25) is 11.7 Å². The largest absolute Gasteiger partial charge is 0.338 e. The van der Waals surface area contributed by atoms with Crippen molar-refractivity contribution >= 4 is 27.3 Å². The molecule has 0 N–H and O–H groups in total. The molecule has 0 aliphatic rings. The van der Waals surface area contributed by atoms with Crippen LogP contribution in [0.3, 0.4) is 0 Å². The predicted molar refractivity (Wildman–Crippen MR) is 81.1 cm³/mol. The van der Waals surface area contributed by atoms with Gasteiger partial charge in [-0.2, -0.15) is 4.98 Å². The molecule has 0 aliphatic heterocycles. The van der Waals surface area contributed by atoms with Crippen molar-refractivity contribution in [3.05, 3.63) is 21.8 Å². The average Bonchev–Trinajstić information content (AvgIpc) is 2.98. The van der Waals surface area contributed by atoms with Crippen molar-refractivity contribution in [3.63, 3.8) is 0 Å². The maximum absolute atomic E-state index is 5.32. The Bertz CT molecular complexity index is 525. The summed E-state index contributed by atoms with van der Waals surface area (Å²) in [6.45, 7) is 5.11. The van der Waals surface area contributed by atoms with E-state index in [2.05, 4.69) is 51.9 Å². The number of nitrogens with zero attached hydrogens (tertiary/aromatic N) is 3. The van der Waals surface area contributed by atoms with Gasteiger partial charge in [-0.15, -0.1) is 11.3 Å². The van der Waals surface area contributed by atoms with Crippen LogP contribution in [0.1, 0.15) is 32.6 Å². The number of rotatable bonds is 6. The first-order chi connectivity index (χ1) is 9.10. The molecular formula is C13H18BrN3OS. The zero-order chi connectivity index (χ0) is 13.8. The average molecular weight is 344 g/mol. The summed E-state index contributed by atoms with van der Waals surface area (Å²) in [5, 5.41) is 6.05. The van der Waals surface area contributed by atoms with Crippen LogP contribution in [-0.2, 0) is 6.54 Å². The molecule has 0 radical (unpaired) electrons. The molecular weight excluding hydrogens is 326 g/mol. The van der Waals surface area contributed by atoms with Crippen molar-refractivity contribution in [3.8, 4) is 10.7 Å². The predicted octanol–water partition coefficient (Wildman–Crippen LogP) is 4.18. The zero-order valence-electron chi connectivity index (χ0n) is 11.4. The molecule has 2 aromatic rings. The van der Waals surface area contributed by atoms with Gasteiger partial charge in [-0.1, -0.05) is 18.5 Å². The summed E-state index contributed by atoms with van der Waals surface area (Å²) < 4.78 is 6.36. The van der Waals surface area contributed by atoms with E-state index in [0.29, 0.717) is 24.3 Å². The first-order valence-corrected chi connectivity index (χ1v) is 8.04. The lowest BCUT2D eigenvalue weighted by atomic mass is 10.2. The van der Waals surface area contributed by atoms with Crippen LogP contribution in [0.4, 0.5) is 0 Å². The van der Waals surface area contributed by atoms with Crippen molar-refractivity contribution in [2.75, 3.05) is 7.05 Å². The highest BCUT2D eigenvalue weighted by atomic mass is 79.9. The Morgan fingerprint density at radius 2 is 2.32 bits per heavy atom. The zero-order valence-corrected chi connectivity index (χ0v) is 13.8. The molecule has 2 aromatic heterocycles. The van der Waals surface area contributed by atoms with E-state index in [1.165, 1.54) is 12.8 Å². The Kier molecular flexibility index (Phi) is 5.13. The molecule has 0 spiro atoms. The Morgan fingerprint density at radius 3 is 2.95 bits per heavy atom. The molecule has 19 heavy (non-hydrogen) atoms. The Labute approximate surface area is 125 Å². The molecule has 0 amide bonds. The second-order valence-corrected chi connectivity index (χ2v) is 6.52. The van der Waals surface area contributed by atoms with Crippen molar-refractivity contribution in [2.24, 2.45) is 0 Å². The number of hydrogen-bond acceptors (Lipinski definition) is 5. The molecule has 0 aromatic carbocycles. The number of hydrogen-bond donors (Lipinski definition) is 0. The van der Waals surface area contributed by atoms with Crippen LogP contribution < -0.4 is 0 Å². The van der Waals surface area contributed by atoms with E-state index in [0.717, 1.165) is 9.35 Å². The van der Waals surface area contributed by atoms with Crippen molar-refractivity contribution < 1.29 is 4.52 Å². The standard InChI is InChI=1S/C13H18BrN3OS/c1-4-5-9(2)17(3)7-12-15-13(16-18-12)11-6-10(14)8-19-11/h6,8-9H,4-5,7H2,1-3H3/t9-/m1/s1. The van der Waals surface area contributed by atoms with E-state index < -0.39 is 0 Å². The van der Waals surface area contributed by atoms with E-state index in [9.17, 15) is 0 Å². The monoisotopic (exact) mass is 343 g/mol. The van der Waals surface area contributed by atoms with Crippen LogP contribution in [0.15, 0.2) is 20.4 Å². The van der Waals surface area contributed by atoms with Crippen molar-refractivity contribution in [1.82, 2.24) is 15.0 Å². The van der Waals surface area contributed by atoms with Crippen LogP contribution in [0, 0.1) is 0 Å². The molecule has 0 saturated carbocycles. The van der Waals surface area contributed by atoms with E-state index in [1.807, 2.05) is 11.4 Å². The first-order valence-electron chi connectivity index (χ1n) is 6.37. The highest BCUT2D eigenvalue weighted by molar-refractivity contribution is 9.10. The third kappa shape index (κ3) is 3.87. The van der Waals surface area contributed by atoms with E-state index in [1.54, 1.807) is 11.3 Å². The summed E-state index contributed by atoms with van der Waals surface area (Å²) >= 11 is 5.03. The van der Waals surface area contributed by atoms with Crippen LogP contribution in [0.5, 0.6) is 0 Å². The smallest absolute Gasteiger partial charge is 0.241 e. The summed E-state index contributed by atoms with van der Waals surface area (Å²) in [6, 6.07) is 2.53. The van der Waals surface area contributed by atoms with E-state index in [4.69, 9.17) is 4.52 Å². The fourth-order valence-corrected chi connectivity index (χ4v) is 3.21. The molecule has 0 unspecified atom stereocenters. The van der Waals surface area contributed by atoms with Gasteiger partial charge in [0.1, 0.15) is 0 Å². The summed E-state index contributed by atoms with van der Waals surface area (Å²) in [4.78, 5) is 7.71. The quantitative estimate of drug-likeness (QED) is 0.788. The van der Waals surface area contributed by atoms with Crippen LogP contribution in [0.25, 0.3) is 10.7 Å². The molecule has 1 atom stereocenters. The van der Waals surface area contributed by atoms with E-state index in [-0.39, 0.29) is 0 Å². The Hall–Kier alpha value is -0.720. The molecule has 104 valence electrons. The summed E-state index contributed by atoms with van der Waals surface area (Å²) in [7, 11) is 2.09. The van der Waals surface area contributed by atoms with Crippen molar-refractivity contribution in [2.45, 2.75) is 39.3 Å². The number of thiophene rings is 1. The van der Waals surface area contributed by atoms with Gasteiger partial charge in [0.05, 0.1) is 11.4 Å². The van der Waals surface area contributed by atoms with Gasteiger partial charge in [-0.25, -0.2) is 0 Å². The maximum atomic E-state index is 5.32. The first kappa shape index (κ1) is 14.7. The third-order valence-electron chi connectivity index (χ3n) is 3.10. The van der Waals surface area contributed by atoms with Crippen LogP contribution in [-0.4, -0.2) is 28.1 Å². The van der Waals surface area contributed by atoms with Crippen molar-refractivity contribution in [1.29, 1.82) is 0 Å².